The van der Waals surface area contributed by atoms with Crippen LogP contribution in [0.4, 0.5) is 11.8 Å². The number of likely N-dealkylation sites (N-methyl/N-ethyl adjacent to an activating group) is 1. The zero-order valence-electron chi connectivity index (χ0n) is 8.56. The van der Waals surface area contributed by atoms with Crippen molar-refractivity contribution in [2.75, 3.05) is 30.3 Å². The molecule has 0 saturated carbocycles. The van der Waals surface area contributed by atoms with Crippen molar-refractivity contribution < 1.29 is 5.11 Å². The second kappa shape index (κ2) is 4.76. The van der Waals surface area contributed by atoms with Gasteiger partial charge < -0.3 is 15.7 Å². The highest BCUT2D eigenvalue weighted by atomic mass is 16.3. The van der Waals surface area contributed by atoms with Crippen molar-refractivity contribution in [2.24, 2.45) is 0 Å². The summed E-state index contributed by atoms with van der Waals surface area (Å²) in [6, 6.07) is 1.86. The Labute approximate surface area is 83.6 Å². The van der Waals surface area contributed by atoms with E-state index in [1.165, 1.54) is 0 Å². The molecule has 14 heavy (non-hydrogen) atoms. The molecule has 0 saturated heterocycles. The lowest BCUT2D eigenvalue weighted by Crippen LogP contribution is -2.27. The van der Waals surface area contributed by atoms with Crippen LogP contribution >= 0.6 is 0 Å². The summed E-state index contributed by atoms with van der Waals surface area (Å²) in [7, 11) is 0. The molecular weight excluding hydrogens is 180 g/mol. The fourth-order valence-electron chi connectivity index (χ4n) is 1.29. The molecule has 5 heteroatoms. The Morgan fingerprint density at radius 3 is 2.71 bits per heavy atom. The summed E-state index contributed by atoms with van der Waals surface area (Å²) in [5.41, 5.74) is 6.37. The van der Waals surface area contributed by atoms with Gasteiger partial charge in [-0.15, -0.1) is 0 Å². The highest BCUT2D eigenvalue weighted by molar-refractivity contribution is 5.43. The lowest BCUT2D eigenvalue weighted by Gasteiger charge is -2.20. The lowest BCUT2D eigenvalue weighted by molar-refractivity contribution is 0.302. The number of hydrogen-bond donors (Lipinski definition) is 2. The molecule has 0 unspecified atom stereocenters. The minimum absolute atomic E-state index is 0.108. The Balaban J connectivity index is 2.91. The highest BCUT2D eigenvalue weighted by Gasteiger charge is 2.06. The minimum atomic E-state index is 0.108. The molecule has 3 N–H and O–H groups in total. The second-order valence-electron chi connectivity index (χ2n) is 3.03. The monoisotopic (exact) mass is 196 g/mol. The van der Waals surface area contributed by atoms with Crippen molar-refractivity contribution in [2.45, 2.75) is 13.8 Å². The molecule has 0 radical (unpaired) electrons. The molecule has 1 aromatic rings. The predicted octanol–water partition coefficient (Wildman–Crippen LogP) is 0.186. The van der Waals surface area contributed by atoms with Gasteiger partial charge in [0.05, 0.1) is 6.61 Å². The SMILES string of the molecule is CCN(CCO)c1cc(C)nc(N)n1. The number of nitrogens with zero attached hydrogens (tertiary/aromatic N) is 3. The number of aliphatic hydroxyl groups is 1. The molecule has 0 aliphatic rings. The maximum atomic E-state index is 8.85. The number of anilines is 2. The van der Waals surface area contributed by atoms with Crippen LogP contribution in [0.5, 0.6) is 0 Å². The van der Waals surface area contributed by atoms with Gasteiger partial charge in [-0.2, -0.15) is 4.98 Å². The van der Waals surface area contributed by atoms with Gasteiger partial charge in [0.1, 0.15) is 5.82 Å². The number of rotatable bonds is 4. The Kier molecular flexibility index (Phi) is 3.64. The second-order valence-corrected chi connectivity index (χ2v) is 3.03. The van der Waals surface area contributed by atoms with E-state index < -0.39 is 0 Å². The fraction of sp³-hybridized carbons (Fsp3) is 0.556. The van der Waals surface area contributed by atoms with Gasteiger partial charge in [0.25, 0.3) is 0 Å². The van der Waals surface area contributed by atoms with E-state index in [0.717, 1.165) is 18.1 Å². The van der Waals surface area contributed by atoms with Crippen LogP contribution in [0.15, 0.2) is 6.07 Å². The van der Waals surface area contributed by atoms with E-state index in [1.54, 1.807) is 0 Å². The molecule has 0 amide bonds. The number of aryl methyl sites for hydroxylation is 1. The van der Waals surface area contributed by atoms with Gasteiger partial charge in [-0.05, 0) is 13.8 Å². The van der Waals surface area contributed by atoms with E-state index >= 15 is 0 Å². The van der Waals surface area contributed by atoms with Gasteiger partial charge >= 0.3 is 0 Å². The molecule has 0 aliphatic carbocycles. The number of hydrogen-bond acceptors (Lipinski definition) is 5. The smallest absolute Gasteiger partial charge is 0.222 e. The minimum Gasteiger partial charge on any atom is -0.395 e. The zero-order valence-corrected chi connectivity index (χ0v) is 8.56. The molecule has 5 nitrogen and oxygen atoms in total. The van der Waals surface area contributed by atoms with Crippen molar-refractivity contribution in [3.05, 3.63) is 11.8 Å². The molecular formula is C9H16N4O. The first kappa shape index (κ1) is 10.7. The van der Waals surface area contributed by atoms with Crippen molar-refractivity contribution in [1.82, 2.24) is 9.97 Å². The van der Waals surface area contributed by atoms with Crippen LogP contribution in [-0.2, 0) is 0 Å². The van der Waals surface area contributed by atoms with Crippen LogP contribution in [0.25, 0.3) is 0 Å². The van der Waals surface area contributed by atoms with E-state index in [2.05, 4.69) is 9.97 Å². The fourth-order valence-corrected chi connectivity index (χ4v) is 1.29. The van der Waals surface area contributed by atoms with Gasteiger partial charge in [0, 0.05) is 24.8 Å². The number of nitrogens with two attached hydrogens (primary N) is 1. The Bertz CT molecular complexity index is 283. The number of aromatic nitrogens is 2. The Morgan fingerprint density at radius 1 is 1.50 bits per heavy atom. The summed E-state index contributed by atoms with van der Waals surface area (Å²) >= 11 is 0. The maximum absolute atomic E-state index is 8.85. The molecule has 1 aromatic heterocycles. The Morgan fingerprint density at radius 2 is 2.21 bits per heavy atom. The quantitative estimate of drug-likeness (QED) is 0.718. The van der Waals surface area contributed by atoms with Crippen molar-refractivity contribution in [3.63, 3.8) is 0 Å². The molecule has 1 heterocycles. The van der Waals surface area contributed by atoms with Crippen LogP contribution < -0.4 is 10.6 Å². The lowest BCUT2D eigenvalue weighted by atomic mass is 10.4. The first-order chi connectivity index (χ1) is 6.67. The van der Waals surface area contributed by atoms with E-state index in [-0.39, 0.29) is 12.6 Å². The Hall–Kier alpha value is -1.36. The van der Waals surface area contributed by atoms with Crippen molar-refractivity contribution >= 4 is 11.8 Å². The summed E-state index contributed by atoms with van der Waals surface area (Å²) in [5, 5.41) is 8.85. The first-order valence-electron chi connectivity index (χ1n) is 4.64. The number of aliphatic hydroxyl groups excluding tert-OH is 1. The van der Waals surface area contributed by atoms with E-state index in [4.69, 9.17) is 10.8 Å². The third kappa shape index (κ3) is 2.56. The average Bonchev–Trinajstić information content (AvgIpc) is 2.12. The van der Waals surface area contributed by atoms with Crippen molar-refractivity contribution in [1.29, 1.82) is 0 Å². The van der Waals surface area contributed by atoms with Gasteiger partial charge in [0.2, 0.25) is 5.95 Å². The molecule has 0 aliphatic heterocycles. The van der Waals surface area contributed by atoms with Gasteiger partial charge in [-0.3, -0.25) is 0 Å². The van der Waals surface area contributed by atoms with Gasteiger partial charge in [-0.1, -0.05) is 0 Å². The van der Waals surface area contributed by atoms with Crippen molar-refractivity contribution in [3.8, 4) is 0 Å². The topological polar surface area (TPSA) is 75.3 Å². The third-order valence-electron chi connectivity index (χ3n) is 1.93. The molecule has 0 spiro atoms. The van der Waals surface area contributed by atoms with Crippen LogP contribution in [0, 0.1) is 6.92 Å². The summed E-state index contributed by atoms with van der Waals surface area (Å²) in [6.45, 7) is 5.33. The highest BCUT2D eigenvalue weighted by Crippen LogP contribution is 2.12. The van der Waals surface area contributed by atoms with Crippen LogP contribution in [0.2, 0.25) is 0 Å². The zero-order chi connectivity index (χ0) is 10.6. The summed E-state index contributed by atoms with van der Waals surface area (Å²) < 4.78 is 0. The van der Waals surface area contributed by atoms with Gasteiger partial charge in [0.15, 0.2) is 0 Å². The normalized spacial score (nSPS) is 10.2. The standard InChI is InChI=1S/C9H16N4O/c1-3-13(4-5-14)8-6-7(2)11-9(10)12-8/h6,14H,3-5H2,1-2H3,(H2,10,11,12). The summed E-state index contributed by atoms with van der Waals surface area (Å²) in [6.07, 6.45) is 0. The molecule has 0 bridgehead atoms. The first-order valence-corrected chi connectivity index (χ1v) is 4.64. The summed E-state index contributed by atoms with van der Waals surface area (Å²) in [5.74, 6) is 1.04. The van der Waals surface area contributed by atoms with Gasteiger partial charge in [-0.25, -0.2) is 4.98 Å². The molecule has 0 atom stereocenters. The van der Waals surface area contributed by atoms with E-state index in [0.29, 0.717) is 6.54 Å². The van der Waals surface area contributed by atoms with Crippen LogP contribution in [0.3, 0.4) is 0 Å². The van der Waals surface area contributed by atoms with Crippen LogP contribution in [0.1, 0.15) is 12.6 Å². The summed E-state index contributed by atoms with van der Waals surface area (Å²) in [4.78, 5) is 10.0. The number of nitrogen functional groups attached to an aromatic ring is 1. The molecule has 1 rings (SSSR count). The van der Waals surface area contributed by atoms with E-state index in [9.17, 15) is 0 Å². The molecule has 0 fully saturated rings. The average molecular weight is 196 g/mol. The van der Waals surface area contributed by atoms with E-state index in [1.807, 2.05) is 24.8 Å². The molecule has 78 valence electrons. The maximum Gasteiger partial charge on any atom is 0.222 e. The predicted molar refractivity (Wildman–Crippen MR) is 56.2 cm³/mol. The van der Waals surface area contributed by atoms with Crippen LogP contribution in [-0.4, -0.2) is 34.8 Å². The third-order valence-corrected chi connectivity index (χ3v) is 1.93. The molecule has 0 aromatic carbocycles. The largest absolute Gasteiger partial charge is 0.395 e.